The van der Waals surface area contributed by atoms with Crippen molar-refractivity contribution in [2.75, 3.05) is 19.6 Å². The molecule has 1 aliphatic heterocycles. The number of hydrogen-bond acceptors (Lipinski definition) is 3. The van der Waals surface area contributed by atoms with E-state index in [2.05, 4.69) is 10.3 Å². The number of rotatable bonds is 4. The third kappa shape index (κ3) is 3.09. The summed E-state index contributed by atoms with van der Waals surface area (Å²) < 4.78 is 1.80. The zero-order valence-electron chi connectivity index (χ0n) is 20.7. The molecule has 5 fully saturated rings. The number of carbonyl (C=O) groups is 2. The maximum absolute atomic E-state index is 13.3. The Morgan fingerprint density at radius 2 is 1.82 bits per heavy atom. The predicted molar refractivity (Wildman–Crippen MR) is 132 cm³/mol. The van der Waals surface area contributed by atoms with Crippen LogP contribution in [0.3, 0.4) is 0 Å². The molecule has 6 heteroatoms. The highest BCUT2D eigenvalue weighted by Crippen LogP contribution is 2.81. The average Bonchev–Trinajstić information content (AvgIpc) is 3.45. The summed E-state index contributed by atoms with van der Waals surface area (Å²) in [6.45, 7) is 6.40. The van der Waals surface area contributed by atoms with E-state index in [1.165, 1.54) is 44.9 Å². The number of piperidine rings is 1. The summed E-state index contributed by atoms with van der Waals surface area (Å²) in [5.74, 6) is 2.69. The van der Waals surface area contributed by atoms with Gasteiger partial charge in [0.05, 0.1) is 0 Å². The van der Waals surface area contributed by atoms with Crippen molar-refractivity contribution in [1.82, 2.24) is 19.6 Å². The second-order valence-corrected chi connectivity index (χ2v) is 11.5. The quantitative estimate of drug-likeness (QED) is 0.700. The average molecular weight is 463 g/mol. The molecule has 5 atom stereocenters. The summed E-state index contributed by atoms with van der Waals surface area (Å²) in [5.41, 5.74) is 2.54. The number of nitrogens with zero attached hydrogens (tertiary/aromatic N) is 3. The summed E-state index contributed by atoms with van der Waals surface area (Å²) in [4.78, 5) is 32.7. The Morgan fingerprint density at radius 3 is 2.65 bits per heavy atom. The second kappa shape index (κ2) is 8.10. The van der Waals surface area contributed by atoms with Gasteiger partial charge in [0.1, 0.15) is 17.0 Å². The molecule has 3 bridgehead atoms. The van der Waals surface area contributed by atoms with Crippen molar-refractivity contribution in [3.05, 3.63) is 35.8 Å². The van der Waals surface area contributed by atoms with E-state index >= 15 is 0 Å². The number of likely N-dealkylation sites (tertiary alicyclic amines) is 1. The van der Waals surface area contributed by atoms with Crippen LogP contribution in [0.4, 0.5) is 0 Å². The molecule has 6 nitrogen and oxygen atoms in total. The molecule has 182 valence electrons. The van der Waals surface area contributed by atoms with Crippen molar-refractivity contribution in [3.63, 3.8) is 0 Å². The molecule has 2 amide bonds. The fourth-order valence-corrected chi connectivity index (χ4v) is 8.79. The molecule has 34 heavy (non-hydrogen) atoms. The third-order valence-corrected chi connectivity index (χ3v) is 9.92. The van der Waals surface area contributed by atoms with E-state index in [-0.39, 0.29) is 11.8 Å². The number of aromatic nitrogens is 2. The van der Waals surface area contributed by atoms with Crippen LogP contribution in [-0.4, -0.2) is 45.7 Å². The molecule has 1 saturated heterocycles. The Balaban J connectivity index is 0.00000106. The van der Waals surface area contributed by atoms with Gasteiger partial charge in [-0.05, 0) is 98.5 Å². The van der Waals surface area contributed by atoms with E-state index in [9.17, 15) is 9.59 Å². The van der Waals surface area contributed by atoms with Gasteiger partial charge in [0, 0.05) is 25.8 Å². The largest absolute Gasteiger partial charge is 0.350 e. The topological polar surface area (TPSA) is 66.7 Å². The van der Waals surface area contributed by atoms with E-state index in [1.54, 1.807) is 10.6 Å². The Morgan fingerprint density at radius 1 is 1.03 bits per heavy atom. The van der Waals surface area contributed by atoms with Crippen molar-refractivity contribution in [2.24, 2.45) is 28.6 Å². The second-order valence-electron chi connectivity index (χ2n) is 11.5. The number of nitrogens with one attached hydrogen (secondary N) is 1. The first kappa shape index (κ1) is 22.1. The monoisotopic (exact) mass is 462 g/mol. The van der Waals surface area contributed by atoms with Crippen LogP contribution in [0.25, 0.3) is 5.65 Å². The van der Waals surface area contributed by atoms with Crippen molar-refractivity contribution in [1.29, 1.82) is 0 Å². The van der Waals surface area contributed by atoms with Crippen molar-refractivity contribution in [3.8, 4) is 0 Å². The number of fused-ring (bicyclic) bond motifs is 3. The van der Waals surface area contributed by atoms with Crippen molar-refractivity contribution >= 4 is 17.5 Å². The maximum Gasteiger partial charge on any atom is 0.274 e. The van der Waals surface area contributed by atoms with Crippen LogP contribution in [0, 0.1) is 28.6 Å². The summed E-state index contributed by atoms with van der Waals surface area (Å²) in [6.07, 6.45) is 13.3. The zero-order valence-corrected chi connectivity index (χ0v) is 20.7. The molecule has 1 N–H and O–H groups in total. The number of imidazole rings is 1. The van der Waals surface area contributed by atoms with Gasteiger partial charge < -0.3 is 10.2 Å². The fraction of sp³-hybridized carbons (Fsp3) is 0.679. The molecule has 0 aromatic carbocycles. The van der Waals surface area contributed by atoms with Gasteiger partial charge in [0.2, 0.25) is 0 Å². The van der Waals surface area contributed by atoms with Gasteiger partial charge in [-0.15, -0.1) is 0 Å². The predicted octanol–water partition coefficient (Wildman–Crippen LogP) is 4.93. The smallest absolute Gasteiger partial charge is 0.274 e. The molecule has 7 rings (SSSR count). The Kier molecular flexibility index (Phi) is 5.27. The number of amides is 2. The van der Waals surface area contributed by atoms with Crippen LogP contribution in [-0.2, 0) is 0 Å². The first-order valence-electron chi connectivity index (χ1n) is 13.6. The SMILES string of the molecule is CC.O=C(NCC12CC3CC4CC(C1)C2(C4)C3)c1cccc2nc(C(=O)N3CCCCC3)cn12. The molecule has 5 aliphatic rings. The molecule has 5 unspecified atom stereocenters. The molecular weight excluding hydrogens is 424 g/mol. The molecule has 4 saturated carbocycles. The van der Waals surface area contributed by atoms with Gasteiger partial charge in [-0.3, -0.25) is 14.0 Å². The van der Waals surface area contributed by atoms with Crippen LogP contribution in [0.1, 0.15) is 92.6 Å². The van der Waals surface area contributed by atoms with Crippen LogP contribution in [0.5, 0.6) is 0 Å². The first-order valence-corrected chi connectivity index (χ1v) is 13.6. The molecule has 2 aromatic heterocycles. The van der Waals surface area contributed by atoms with Crippen LogP contribution in [0.2, 0.25) is 0 Å². The van der Waals surface area contributed by atoms with E-state index in [1.807, 2.05) is 36.9 Å². The van der Waals surface area contributed by atoms with Gasteiger partial charge in [-0.2, -0.15) is 0 Å². The van der Waals surface area contributed by atoms with Gasteiger partial charge in [0.15, 0.2) is 0 Å². The summed E-state index contributed by atoms with van der Waals surface area (Å²) >= 11 is 0. The van der Waals surface area contributed by atoms with E-state index in [0.29, 0.717) is 27.9 Å². The highest BCUT2D eigenvalue weighted by atomic mass is 16.2. The molecule has 1 spiro atoms. The lowest BCUT2D eigenvalue weighted by Crippen LogP contribution is -2.57. The summed E-state index contributed by atoms with van der Waals surface area (Å²) in [6, 6.07) is 5.58. The summed E-state index contributed by atoms with van der Waals surface area (Å²) in [5, 5.41) is 3.32. The summed E-state index contributed by atoms with van der Waals surface area (Å²) in [7, 11) is 0. The molecule has 0 radical (unpaired) electrons. The van der Waals surface area contributed by atoms with E-state index < -0.39 is 0 Å². The normalized spacial score (nSPS) is 34.9. The van der Waals surface area contributed by atoms with Gasteiger partial charge in [-0.25, -0.2) is 4.98 Å². The Hall–Kier alpha value is -2.37. The first-order chi connectivity index (χ1) is 16.6. The van der Waals surface area contributed by atoms with E-state index in [4.69, 9.17) is 0 Å². The number of hydrogen-bond donors (Lipinski definition) is 1. The zero-order chi connectivity index (χ0) is 23.5. The third-order valence-electron chi connectivity index (χ3n) is 9.92. The van der Waals surface area contributed by atoms with Crippen molar-refractivity contribution in [2.45, 2.75) is 71.6 Å². The lowest BCUT2D eigenvalue weighted by Gasteiger charge is -2.59. The maximum atomic E-state index is 13.3. The Labute approximate surface area is 202 Å². The fourth-order valence-electron chi connectivity index (χ4n) is 8.79. The molecule has 4 aliphatic carbocycles. The lowest BCUT2D eigenvalue weighted by atomic mass is 9.46. The van der Waals surface area contributed by atoms with Crippen LogP contribution in [0.15, 0.2) is 24.4 Å². The minimum absolute atomic E-state index is 0.0210. The van der Waals surface area contributed by atoms with Gasteiger partial charge in [-0.1, -0.05) is 19.9 Å². The van der Waals surface area contributed by atoms with Crippen LogP contribution >= 0.6 is 0 Å². The highest BCUT2D eigenvalue weighted by Gasteiger charge is 2.73. The standard InChI is InChI=1S/C26H32N4O2.C2H6/c31-23(27-16-25-11-18-9-17-10-19(14-25)26(25,12-17)13-18)21-5-4-6-22-28-20(15-30(21)22)24(32)29-7-2-1-3-8-29;1-2/h4-6,15,17-19H,1-3,7-14,16H2,(H,27,31);1-2H3. The molecular formula is C28H38N4O2. The van der Waals surface area contributed by atoms with Crippen molar-refractivity contribution < 1.29 is 9.59 Å². The van der Waals surface area contributed by atoms with Gasteiger partial charge in [0.25, 0.3) is 11.8 Å². The molecule has 2 aromatic rings. The van der Waals surface area contributed by atoms with E-state index in [0.717, 1.165) is 50.2 Å². The minimum Gasteiger partial charge on any atom is -0.350 e. The lowest BCUT2D eigenvalue weighted by molar-refractivity contribution is -0.0960. The van der Waals surface area contributed by atoms with Crippen LogP contribution < -0.4 is 5.32 Å². The number of pyridine rings is 1. The van der Waals surface area contributed by atoms with Gasteiger partial charge >= 0.3 is 0 Å². The number of carbonyl (C=O) groups excluding carboxylic acids is 2. The Bertz CT molecular complexity index is 1110. The highest BCUT2D eigenvalue weighted by molar-refractivity contribution is 5.95. The molecule has 3 heterocycles. The minimum atomic E-state index is -0.0461.